The Morgan fingerprint density at radius 3 is 2.67 bits per heavy atom. The fraction of sp³-hybridized carbons (Fsp3) is 0.500. The first-order valence-corrected chi connectivity index (χ1v) is 5.71. The molecule has 1 aliphatic rings. The zero-order chi connectivity index (χ0) is 13.3. The first kappa shape index (κ1) is 12.9. The van der Waals surface area contributed by atoms with E-state index < -0.39 is 11.9 Å². The van der Waals surface area contributed by atoms with E-state index in [2.05, 4.69) is 16.5 Å². The van der Waals surface area contributed by atoms with Crippen molar-refractivity contribution in [3.8, 4) is 0 Å². The van der Waals surface area contributed by atoms with Gasteiger partial charge in [0, 0.05) is 19.2 Å². The summed E-state index contributed by atoms with van der Waals surface area (Å²) in [6.07, 6.45) is -2.62. The molecule has 0 bridgehead atoms. The van der Waals surface area contributed by atoms with Gasteiger partial charge in [-0.15, -0.1) is 0 Å². The zero-order valence-corrected chi connectivity index (χ0v) is 10.1. The van der Waals surface area contributed by atoms with Crippen molar-refractivity contribution >= 4 is 5.82 Å². The van der Waals surface area contributed by atoms with Crippen molar-refractivity contribution in [3.05, 3.63) is 29.7 Å². The normalized spacial score (nSPS) is 17.1. The molecule has 18 heavy (non-hydrogen) atoms. The Labute approximate surface area is 103 Å². The average Bonchev–Trinajstić information content (AvgIpc) is 2.27. The van der Waals surface area contributed by atoms with Crippen LogP contribution in [0.4, 0.5) is 19.0 Å². The number of aryl methyl sites for hydroxylation is 1. The van der Waals surface area contributed by atoms with E-state index in [-0.39, 0.29) is 5.82 Å². The van der Waals surface area contributed by atoms with Crippen LogP contribution in [0, 0.1) is 6.92 Å². The molecule has 1 fully saturated rings. The fourth-order valence-corrected chi connectivity index (χ4v) is 2.00. The number of halogens is 3. The summed E-state index contributed by atoms with van der Waals surface area (Å²) in [6, 6.07) is 1.01. The number of aromatic nitrogens is 2. The van der Waals surface area contributed by atoms with E-state index in [0.717, 1.165) is 24.5 Å². The van der Waals surface area contributed by atoms with Gasteiger partial charge in [0.1, 0.15) is 17.3 Å². The number of hydrogen-bond acceptors (Lipinski definition) is 3. The summed E-state index contributed by atoms with van der Waals surface area (Å²) >= 11 is 0. The quantitative estimate of drug-likeness (QED) is 0.724. The summed E-state index contributed by atoms with van der Waals surface area (Å²) < 4.78 is 38.0. The summed E-state index contributed by atoms with van der Waals surface area (Å²) in [5, 5.41) is 0. The van der Waals surface area contributed by atoms with Gasteiger partial charge in [-0.25, -0.2) is 9.97 Å². The molecule has 98 valence electrons. The molecule has 1 aliphatic heterocycles. The van der Waals surface area contributed by atoms with Gasteiger partial charge in [-0.05, 0) is 19.8 Å². The first-order valence-electron chi connectivity index (χ1n) is 5.71. The summed E-state index contributed by atoms with van der Waals surface area (Å²) in [5.74, 6) is 0.465. The molecular formula is C12H14F3N3. The predicted octanol–water partition coefficient (Wildman–Crippen LogP) is 2.96. The van der Waals surface area contributed by atoms with Crippen molar-refractivity contribution in [2.75, 3.05) is 18.0 Å². The van der Waals surface area contributed by atoms with E-state index in [9.17, 15) is 13.2 Å². The smallest absolute Gasteiger partial charge is 0.353 e. The monoisotopic (exact) mass is 257 g/mol. The topological polar surface area (TPSA) is 29.0 Å². The molecule has 0 atom stereocenters. The van der Waals surface area contributed by atoms with Crippen molar-refractivity contribution in [3.63, 3.8) is 0 Å². The summed E-state index contributed by atoms with van der Waals surface area (Å²) in [5.41, 5.74) is 0.132. The van der Waals surface area contributed by atoms with E-state index >= 15 is 0 Å². The van der Waals surface area contributed by atoms with Gasteiger partial charge in [-0.1, -0.05) is 12.2 Å². The van der Waals surface area contributed by atoms with Crippen molar-refractivity contribution in [1.82, 2.24) is 9.97 Å². The van der Waals surface area contributed by atoms with Gasteiger partial charge in [-0.2, -0.15) is 13.2 Å². The van der Waals surface area contributed by atoms with Gasteiger partial charge in [0.2, 0.25) is 0 Å². The van der Waals surface area contributed by atoms with Crippen molar-refractivity contribution in [1.29, 1.82) is 0 Å². The lowest BCUT2D eigenvalue weighted by atomic mass is 10.1. The van der Waals surface area contributed by atoms with Crippen LogP contribution in [-0.2, 0) is 6.18 Å². The number of hydrogen-bond donors (Lipinski definition) is 0. The molecule has 0 N–H and O–H groups in total. The Morgan fingerprint density at radius 2 is 2.06 bits per heavy atom. The lowest BCUT2D eigenvalue weighted by Crippen LogP contribution is -2.32. The van der Waals surface area contributed by atoms with Crippen molar-refractivity contribution in [2.24, 2.45) is 0 Å². The van der Waals surface area contributed by atoms with E-state index in [1.165, 1.54) is 6.92 Å². The molecule has 0 spiro atoms. The molecule has 0 radical (unpaired) electrons. The van der Waals surface area contributed by atoms with Crippen LogP contribution in [0.5, 0.6) is 0 Å². The molecule has 1 aromatic heterocycles. The molecule has 0 aromatic carbocycles. The Morgan fingerprint density at radius 1 is 1.33 bits per heavy atom. The third-order valence-corrected chi connectivity index (χ3v) is 2.81. The van der Waals surface area contributed by atoms with Gasteiger partial charge < -0.3 is 4.90 Å². The Balaban J connectivity index is 2.33. The average molecular weight is 257 g/mol. The van der Waals surface area contributed by atoms with Crippen LogP contribution in [-0.4, -0.2) is 23.1 Å². The molecule has 1 saturated heterocycles. The summed E-state index contributed by atoms with van der Waals surface area (Å²) in [4.78, 5) is 9.33. The number of alkyl halides is 3. The van der Waals surface area contributed by atoms with E-state index in [1.54, 1.807) is 0 Å². The van der Waals surface area contributed by atoms with Crippen molar-refractivity contribution < 1.29 is 13.2 Å². The molecule has 2 rings (SSSR count). The second-order valence-electron chi connectivity index (χ2n) is 4.43. The molecule has 6 heteroatoms. The highest BCUT2D eigenvalue weighted by Crippen LogP contribution is 2.30. The highest BCUT2D eigenvalue weighted by Gasteiger charge is 2.34. The molecule has 0 unspecified atom stereocenters. The maximum Gasteiger partial charge on any atom is 0.433 e. The minimum atomic E-state index is -4.44. The minimum absolute atomic E-state index is 0.135. The van der Waals surface area contributed by atoms with Crippen LogP contribution < -0.4 is 4.90 Å². The maximum absolute atomic E-state index is 12.7. The summed E-state index contributed by atoms with van der Waals surface area (Å²) in [7, 11) is 0. The van der Waals surface area contributed by atoms with E-state index in [4.69, 9.17) is 0 Å². The number of anilines is 1. The van der Waals surface area contributed by atoms with Gasteiger partial charge in [-0.3, -0.25) is 0 Å². The molecule has 0 aliphatic carbocycles. The third kappa shape index (κ3) is 2.80. The van der Waals surface area contributed by atoms with Crippen LogP contribution in [0.15, 0.2) is 18.2 Å². The molecular weight excluding hydrogens is 243 g/mol. The second-order valence-corrected chi connectivity index (χ2v) is 4.43. The molecule has 0 amide bonds. The number of rotatable bonds is 1. The fourth-order valence-electron chi connectivity index (χ4n) is 2.00. The van der Waals surface area contributed by atoms with E-state index in [1.807, 2.05) is 4.90 Å². The largest absolute Gasteiger partial charge is 0.433 e. The van der Waals surface area contributed by atoms with Gasteiger partial charge >= 0.3 is 6.18 Å². The van der Waals surface area contributed by atoms with Crippen LogP contribution in [0.25, 0.3) is 0 Å². The second kappa shape index (κ2) is 4.59. The Hall–Kier alpha value is -1.59. The Bertz CT molecular complexity index is 468. The number of piperidine rings is 1. The summed E-state index contributed by atoms with van der Waals surface area (Å²) in [6.45, 7) is 6.61. The van der Waals surface area contributed by atoms with Crippen LogP contribution >= 0.6 is 0 Å². The van der Waals surface area contributed by atoms with Crippen LogP contribution in [0.1, 0.15) is 24.4 Å². The zero-order valence-electron chi connectivity index (χ0n) is 10.1. The SMILES string of the molecule is C=C1CCCN(c2cc(C(F)(F)F)nc(C)n2)C1. The molecule has 1 aromatic rings. The predicted molar refractivity (Wildman–Crippen MR) is 62.4 cm³/mol. The minimum Gasteiger partial charge on any atom is -0.353 e. The highest BCUT2D eigenvalue weighted by atomic mass is 19.4. The van der Waals surface area contributed by atoms with E-state index in [0.29, 0.717) is 18.9 Å². The van der Waals surface area contributed by atoms with Gasteiger partial charge in [0.05, 0.1) is 0 Å². The maximum atomic E-state index is 12.7. The third-order valence-electron chi connectivity index (χ3n) is 2.81. The highest BCUT2D eigenvalue weighted by molar-refractivity contribution is 5.43. The lowest BCUT2D eigenvalue weighted by Gasteiger charge is -2.29. The lowest BCUT2D eigenvalue weighted by molar-refractivity contribution is -0.141. The molecule has 3 nitrogen and oxygen atoms in total. The molecule has 2 heterocycles. The number of nitrogens with zero attached hydrogens (tertiary/aromatic N) is 3. The standard InChI is InChI=1S/C12H14F3N3/c1-8-4-3-5-18(7-8)11-6-10(12(13,14)15)16-9(2)17-11/h6H,1,3-5,7H2,2H3. The van der Waals surface area contributed by atoms with Gasteiger partial charge in [0.25, 0.3) is 0 Å². The van der Waals surface area contributed by atoms with Crippen LogP contribution in [0.2, 0.25) is 0 Å². The Kier molecular flexibility index (Phi) is 3.28. The first-order chi connectivity index (χ1) is 8.36. The van der Waals surface area contributed by atoms with Crippen LogP contribution in [0.3, 0.4) is 0 Å². The van der Waals surface area contributed by atoms with Gasteiger partial charge in [0.15, 0.2) is 0 Å². The van der Waals surface area contributed by atoms with Crippen molar-refractivity contribution in [2.45, 2.75) is 25.9 Å². The molecule has 0 saturated carbocycles.